The van der Waals surface area contributed by atoms with Crippen molar-refractivity contribution in [3.8, 4) is 6.07 Å². The van der Waals surface area contributed by atoms with E-state index in [1.54, 1.807) is 12.1 Å². The molecule has 0 bridgehead atoms. The van der Waals surface area contributed by atoms with Crippen LogP contribution in [0.3, 0.4) is 0 Å². The highest BCUT2D eigenvalue weighted by atomic mass is 16.2. The molecule has 1 aromatic rings. The lowest BCUT2D eigenvalue weighted by molar-refractivity contribution is -0.121. The molecule has 0 aromatic heterocycles. The van der Waals surface area contributed by atoms with E-state index in [0.29, 0.717) is 12.2 Å². The van der Waals surface area contributed by atoms with Gasteiger partial charge in [-0.25, -0.2) is 0 Å². The fourth-order valence-corrected chi connectivity index (χ4v) is 1.81. The Morgan fingerprint density at radius 1 is 1.53 bits per heavy atom. The van der Waals surface area contributed by atoms with E-state index in [1.165, 1.54) is 0 Å². The molecule has 1 aliphatic heterocycles. The van der Waals surface area contributed by atoms with Crippen molar-refractivity contribution in [1.82, 2.24) is 5.32 Å². The zero-order valence-electron chi connectivity index (χ0n) is 9.12. The number of carbonyl (C=O) groups is 2. The monoisotopic (exact) mass is 229 g/mol. The first-order valence-electron chi connectivity index (χ1n) is 5.25. The third kappa shape index (κ3) is 2.42. The van der Waals surface area contributed by atoms with Crippen LogP contribution in [0.2, 0.25) is 0 Å². The zero-order valence-corrected chi connectivity index (χ0v) is 9.12. The van der Waals surface area contributed by atoms with Crippen molar-refractivity contribution in [2.75, 3.05) is 5.32 Å². The number of hydrogen-bond donors (Lipinski definition) is 2. The highest BCUT2D eigenvalue weighted by molar-refractivity contribution is 5.94. The van der Waals surface area contributed by atoms with E-state index in [-0.39, 0.29) is 24.7 Å². The van der Waals surface area contributed by atoms with Gasteiger partial charge in [0.25, 0.3) is 0 Å². The minimum absolute atomic E-state index is 0.0560. The third-order valence-electron chi connectivity index (χ3n) is 2.60. The number of carbonyl (C=O) groups excluding carboxylic acids is 2. The number of anilines is 1. The summed E-state index contributed by atoms with van der Waals surface area (Å²) in [5, 5.41) is 13.8. The Morgan fingerprint density at radius 2 is 2.35 bits per heavy atom. The van der Waals surface area contributed by atoms with Crippen molar-refractivity contribution < 1.29 is 9.59 Å². The van der Waals surface area contributed by atoms with E-state index in [2.05, 4.69) is 10.6 Å². The van der Waals surface area contributed by atoms with E-state index < -0.39 is 0 Å². The normalized spacial score (nSPS) is 13.2. The number of nitrogens with one attached hydrogen (secondary N) is 2. The van der Waals surface area contributed by atoms with Crippen LogP contribution in [0.4, 0.5) is 5.69 Å². The first-order chi connectivity index (χ1) is 8.20. The van der Waals surface area contributed by atoms with Crippen molar-refractivity contribution in [3.63, 3.8) is 0 Å². The maximum Gasteiger partial charge on any atom is 0.238 e. The highest BCUT2D eigenvalue weighted by Crippen LogP contribution is 2.23. The molecule has 0 radical (unpaired) electrons. The summed E-state index contributed by atoms with van der Waals surface area (Å²) in [5.41, 5.74) is 2.46. The van der Waals surface area contributed by atoms with Crippen LogP contribution in [0.25, 0.3) is 0 Å². The summed E-state index contributed by atoms with van der Waals surface area (Å²) in [6.07, 6.45) is 0.0776. The first kappa shape index (κ1) is 11.1. The number of amides is 2. The topological polar surface area (TPSA) is 82.0 Å². The van der Waals surface area contributed by atoms with Crippen LogP contribution in [-0.4, -0.2) is 11.8 Å². The summed E-state index contributed by atoms with van der Waals surface area (Å²) >= 11 is 0. The average molecular weight is 229 g/mol. The molecule has 0 fully saturated rings. The van der Waals surface area contributed by atoms with Gasteiger partial charge in [0.1, 0.15) is 6.42 Å². The molecule has 0 saturated heterocycles. The molecule has 0 atom stereocenters. The fourth-order valence-electron chi connectivity index (χ4n) is 1.81. The quantitative estimate of drug-likeness (QED) is 0.783. The predicted molar refractivity (Wildman–Crippen MR) is 60.9 cm³/mol. The van der Waals surface area contributed by atoms with Gasteiger partial charge in [0.15, 0.2) is 0 Å². The molecule has 5 nitrogen and oxygen atoms in total. The molecular weight excluding hydrogens is 218 g/mol. The summed E-state index contributed by atoms with van der Waals surface area (Å²) in [4.78, 5) is 22.7. The third-order valence-corrected chi connectivity index (χ3v) is 2.60. The van der Waals surface area contributed by atoms with Gasteiger partial charge in [-0.1, -0.05) is 12.1 Å². The van der Waals surface area contributed by atoms with E-state index >= 15 is 0 Å². The first-order valence-corrected chi connectivity index (χ1v) is 5.25. The lowest BCUT2D eigenvalue weighted by atomic mass is 9.98. The van der Waals surface area contributed by atoms with Crippen molar-refractivity contribution in [2.24, 2.45) is 0 Å². The van der Waals surface area contributed by atoms with Crippen LogP contribution in [0.5, 0.6) is 0 Å². The second kappa shape index (κ2) is 4.66. The molecule has 0 unspecified atom stereocenters. The van der Waals surface area contributed by atoms with Gasteiger partial charge in [0, 0.05) is 12.2 Å². The Kier molecular flexibility index (Phi) is 3.06. The van der Waals surface area contributed by atoms with Gasteiger partial charge in [-0.3, -0.25) is 9.59 Å². The van der Waals surface area contributed by atoms with Gasteiger partial charge < -0.3 is 10.6 Å². The number of rotatable bonds is 2. The Hall–Kier alpha value is -2.35. The second-order valence-electron chi connectivity index (χ2n) is 3.78. The van der Waals surface area contributed by atoms with Gasteiger partial charge in [-0.2, -0.15) is 5.26 Å². The Morgan fingerprint density at radius 3 is 3.12 bits per heavy atom. The highest BCUT2D eigenvalue weighted by Gasteiger charge is 2.18. The number of nitriles is 1. The molecule has 1 aromatic carbocycles. The van der Waals surface area contributed by atoms with Gasteiger partial charge in [-0.05, 0) is 17.2 Å². The number of hydrogen-bond acceptors (Lipinski definition) is 3. The summed E-state index contributed by atoms with van der Waals surface area (Å²) in [7, 11) is 0. The van der Waals surface area contributed by atoms with Gasteiger partial charge >= 0.3 is 0 Å². The lowest BCUT2D eigenvalue weighted by Gasteiger charge is -2.19. The summed E-state index contributed by atoms with van der Waals surface area (Å²) in [5.74, 6) is -0.411. The lowest BCUT2D eigenvalue weighted by Crippen LogP contribution is -2.31. The minimum atomic E-state index is -0.355. The van der Waals surface area contributed by atoms with Gasteiger partial charge in [0.2, 0.25) is 11.8 Å². The molecule has 0 aliphatic carbocycles. The van der Waals surface area contributed by atoms with Gasteiger partial charge in [-0.15, -0.1) is 0 Å². The molecule has 5 heteroatoms. The van der Waals surface area contributed by atoms with Crippen molar-refractivity contribution in [3.05, 3.63) is 29.3 Å². The largest absolute Gasteiger partial charge is 0.352 e. The molecule has 0 spiro atoms. The summed E-state index contributed by atoms with van der Waals surface area (Å²) in [6.45, 7) is 0.482. The fraction of sp³-hybridized carbons (Fsp3) is 0.250. The molecule has 1 aliphatic rings. The molecule has 1 heterocycles. The Balaban J connectivity index is 2.26. The van der Waals surface area contributed by atoms with E-state index in [1.807, 2.05) is 12.1 Å². The number of fused-ring (bicyclic) bond motifs is 1. The summed E-state index contributed by atoms with van der Waals surface area (Å²) < 4.78 is 0. The summed E-state index contributed by atoms with van der Waals surface area (Å²) in [6, 6.07) is 7.26. The van der Waals surface area contributed by atoms with Gasteiger partial charge in [0.05, 0.1) is 12.5 Å². The molecule has 86 valence electrons. The number of nitrogens with zero attached hydrogens (tertiary/aromatic N) is 1. The molecule has 0 saturated carbocycles. The van der Waals surface area contributed by atoms with Crippen LogP contribution < -0.4 is 10.6 Å². The zero-order chi connectivity index (χ0) is 12.3. The van der Waals surface area contributed by atoms with Crippen LogP contribution >= 0.6 is 0 Å². The smallest absolute Gasteiger partial charge is 0.238 e. The predicted octanol–water partition coefficient (Wildman–Crippen LogP) is 0.711. The Labute approximate surface area is 98.4 Å². The van der Waals surface area contributed by atoms with E-state index in [4.69, 9.17) is 5.26 Å². The van der Waals surface area contributed by atoms with Crippen LogP contribution in [0.15, 0.2) is 18.2 Å². The molecule has 2 rings (SSSR count). The minimum Gasteiger partial charge on any atom is -0.352 e. The molecular formula is C12H11N3O2. The maximum atomic E-state index is 11.3. The van der Waals surface area contributed by atoms with Crippen molar-refractivity contribution in [1.29, 1.82) is 5.26 Å². The average Bonchev–Trinajstić information content (AvgIpc) is 2.30. The Bertz CT molecular complexity index is 517. The van der Waals surface area contributed by atoms with Crippen LogP contribution in [-0.2, 0) is 22.6 Å². The van der Waals surface area contributed by atoms with Crippen LogP contribution in [0.1, 0.15) is 17.5 Å². The van der Waals surface area contributed by atoms with Crippen molar-refractivity contribution >= 4 is 17.5 Å². The van der Waals surface area contributed by atoms with E-state index in [0.717, 1.165) is 11.1 Å². The maximum absolute atomic E-state index is 11.3. The van der Waals surface area contributed by atoms with Crippen LogP contribution in [0, 0.1) is 11.3 Å². The molecule has 2 N–H and O–H groups in total. The standard InChI is InChI=1S/C12H11N3O2/c13-5-4-11(16)15-10-3-1-2-8-7-14-12(17)6-9(8)10/h1-3H,4,6-7H2,(H,14,17)(H,15,16). The molecule has 2 amide bonds. The SMILES string of the molecule is N#CCC(=O)Nc1cccc2c1CC(=O)NC2. The molecule has 17 heavy (non-hydrogen) atoms. The number of benzene rings is 1. The van der Waals surface area contributed by atoms with E-state index in [9.17, 15) is 9.59 Å². The second-order valence-corrected chi connectivity index (χ2v) is 3.78. The van der Waals surface area contributed by atoms with Crippen molar-refractivity contribution in [2.45, 2.75) is 19.4 Å².